The molecule has 1 aromatic heterocycles. The van der Waals surface area contributed by atoms with Crippen LogP contribution in [-0.4, -0.2) is 43.6 Å². The van der Waals surface area contributed by atoms with Gasteiger partial charge in [-0.05, 0) is 26.7 Å². The lowest BCUT2D eigenvalue weighted by atomic mass is 10.1. The summed E-state index contributed by atoms with van der Waals surface area (Å²) in [6.45, 7) is 9.35. The van der Waals surface area contributed by atoms with Crippen LogP contribution in [0.15, 0.2) is 23.8 Å². The quantitative estimate of drug-likeness (QED) is 0.364. The average molecular weight is 304 g/mol. The van der Waals surface area contributed by atoms with E-state index in [0.717, 1.165) is 47.9 Å². The van der Waals surface area contributed by atoms with Crippen LogP contribution in [0.3, 0.4) is 0 Å². The fourth-order valence-corrected chi connectivity index (χ4v) is 2.38. The van der Waals surface area contributed by atoms with Gasteiger partial charge in [0.15, 0.2) is 5.96 Å². The van der Waals surface area contributed by atoms with E-state index in [9.17, 15) is 0 Å². The van der Waals surface area contributed by atoms with E-state index in [1.54, 1.807) is 14.2 Å². The number of aryl methyl sites for hydroxylation is 1. The molecule has 1 heterocycles. The molecule has 1 rings (SSSR count). The third-order valence-electron chi connectivity index (χ3n) is 3.64. The number of aliphatic imine (C=N–C) groups is 1. The van der Waals surface area contributed by atoms with Gasteiger partial charge in [-0.1, -0.05) is 6.08 Å². The van der Waals surface area contributed by atoms with Crippen molar-refractivity contribution in [2.24, 2.45) is 4.99 Å². The standard InChI is InChI=1S/C17H28N4O/c1-7-8-9-10-21(5)17(18-4)20-12-15-14(3)16(22-6)13(2)11-19-15/h7,11H,1,8-10,12H2,2-6H3,(H,18,20). The first kappa shape index (κ1) is 18.0. The minimum Gasteiger partial charge on any atom is -0.496 e. The Kier molecular flexibility index (Phi) is 7.43. The van der Waals surface area contributed by atoms with Gasteiger partial charge in [0, 0.05) is 38.0 Å². The van der Waals surface area contributed by atoms with Crippen molar-refractivity contribution in [1.82, 2.24) is 15.2 Å². The zero-order valence-corrected chi connectivity index (χ0v) is 14.4. The summed E-state index contributed by atoms with van der Waals surface area (Å²) in [7, 11) is 5.52. The smallest absolute Gasteiger partial charge is 0.193 e. The first-order valence-corrected chi connectivity index (χ1v) is 7.56. The molecule has 0 aliphatic heterocycles. The molecule has 0 unspecified atom stereocenters. The van der Waals surface area contributed by atoms with Crippen LogP contribution in [0, 0.1) is 13.8 Å². The van der Waals surface area contributed by atoms with Gasteiger partial charge in [-0.15, -0.1) is 6.58 Å². The van der Waals surface area contributed by atoms with Crippen molar-refractivity contribution in [1.29, 1.82) is 0 Å². The Balaban J connectivity index is 2.69. The summed E-state index contributed by atoms with van der Waals surface area (Å²) in [4.78, 5) is 10.9. The molecule has 0 atom stereocenters. The largest absolute Gasteiger partial charge is 0.496 e. The van der Waals surface area contributed by atoms with Gasteiger partial charge in [-0.25, -0.2) is 0 Å². The number of methoxy groups -OCH3 is 1. The number of hydrogen-bond donors (Lipinski definition) is 1. The summed E-state index contributed by atoms with van der Waals surface area (Å²) in [6.07, 6.45) is 5.86. The number of nitrogens with one attached hydrogen (secondary N) is 1. The molecule has 5 heteroatoms. The van der Waals surface area contributed by atoms with Gasteiger partial charge in [-0.2, -0.15) is 0 Å². The summed E-state index contributed by atoms with van der Waals surface area (Å²) >= 11 is 0. The van der Waals surface area contributed by atoms with Crippen LogP contribution in [0.5, 0.6) is 5.75 Å². The van der Waals surface area contributed by atoms with Gasteiger partial charge in [0.05, 0.1) is 19.3 Å². The number of hydrogen-bond acceptors (Lipinski definition) is 3. The Labute approximate surface area is 134 Å². The van der Waals surface area contributed by atoms with Crippen molar-refractivity contribution < 1.29 is 4.74 Å². The second-order valence-electron chi connectivity index (χ2n) is 5.30. The molecular weight excluding hydrogens is 276 g/mol. The summed E-state index contributed by atoms with van der Waals surface area (Å²) < 4.78 is 5.44. The molecule has 0 fully saturated rings. The Bertz CT molecular complexity index is 526. The van der Waals surface area contributed by atoms with Gasteiger partial charge in [0.2, 0.25) is 0 Å². The lowest BCUT2D eigenvalue weighted by Crippen LogP contribution is -2.39. The maximum atomic E-state index is 5.44. The topological polar surface area (TPSA) is 49.8 Å². The molecule has 0 bridgehead atoms. The number of guanidine groups is 1. The van der Waals surface area contributed by atoms with Crippen LogP contribution in [0.25, 0.3) is 0 Å². The fraction of sp³-hybridized carbons (Fsp3) is 0.529. The maximum Gasteiger partial charge on any atom is 0.193 e. The van der Waals surface area contributed by atoms with Crippen molar-refractivity contribution in [3.8, 4) is 5.75 Å². The van der Waals surface area contributed by atoms with E-state index in [1.165, 1.54) is 0 Å². The first-order chi connectivity index (χ1) is 10.5. The molecule has 0 aliphatic carbocycles. The minimum absolute atomic E-state index is 0.626. The predicted octanol–water partition coefficient (Wildman–Crippen LogP) is 2.68. The van der Waals surface area contributed by atoms with Crippen molar-refractivity contribution in [2.45, 2.75) is 33.2 Å². The zero-order chi connectivity index (χ0) is 16.5. The van der Waals surface area contributed by atoms with Crippen molar-refractivity contribution >= 4 is 5.96 Å². The van der Waals surface area contributed by atoms with Crippen LogP contribution in [0.2, 0.25) is 0 Å². The number of nitrogens with zero attached hydrogens (tertiary/aromatic N) is 3. The van der Waals surface area contributed by atoms with Gasteiger partial charge in [0.1, 0.15) is 5.75 Å². The van der Waals surface area contributed by atoms with E-state index < -0.39 is 0 Å². The molecule has 5 nitrogen and oxygen atoms in total. The van der Waals surface area contributed by atoms with Gasteiger partial charge in [-0.3, -0.25) is 9.98 Å². The Morgan fingerprint density at radius 3 is 2.82 bits per heavy atom. The SMILES string of the molecule is C=CCCCN(C)C(=NC)NCc1ncc(C)c(OC)c1C. The highest BCUT2D eigenvalue weighted by atomic mass is 16.5. The van der Waals surface area contributed by atoms with Gasteiger partial charge >= 0.3 is 0 Å². The van der Waals surface area contributed by atoms with E-state index in [-0.39, 0.29) is 0 Å². The Morgan fingerprint density at radius 2 is 2.23 bits per heavy atom. The highest BCUT2D eigenvalue weighted by Gasteiger charge is 2.11. The summed E-state index contributed by atoms with van der Waals surface area (Å²) in [5, 5.41) is 3.36. The second kappa shape index (κ2) is 9.07. The predicted molar refractivity (Wildman–Crippen MR) is 92.5 cm³/mol. The molecule has 0 aliphatic rings. The van der Waals surface area contributed by atoms with E-state index in [2.05, 4.69) is 26.8 Å². The molecule has 0 saturated heterocycles. The fourth-order valence-electron chi connectivity index (χ4n) is 2.38. The van der Waals surface area contributed by atoms with E-state index in [1.807, 2.05) is 33.2 Å². The highest BCUT2D eigenvalue weighted by molar-refractivity contribution is 5.79. The average Bonchev–Trinajstić information content (AvgIpc) is 2.50. The van der Waals surface area contributed by atoms with Crippen LogP contribution in [0.1, 0.15) is 29.7 Å². The normalized spacial score (nSPS) is 11.2. The lowest BCUT2D eigenvalue weighted by Gasteiger charge is -2.22. The molecule has 1 N–H and O–H groups in total. The number of aromatic nitrogens is 1. The van der Waals surface area contributed by atoms with Crippen LogP contribution >= 0.6 is 0 Å². The summed E-state index contributed by atoms with van der Waals surface area (Å²) in [5.74, 6) is 1.77. The van der Waals surface area contributed by atoms with Gasteiger partial charge in [0.25, 0.3) is 0 Å². The summed E-state index contributed by atoms with van der Waals surface area (Å²) in [6, 6.07) is 0. The molecule has 0 amide bonds. The van der Waals surface area contributed by atoms with E-state index in [0.29, 0.717) is 6.54 Å². The molecule has 0 radical (unpaired) electrons. The Hall–Kier alpha value is -2.04. The molecule has 0 spiro atoms. The first-order valence-electron chi connectivity index (χ1n) is 7.56. The van der Waals surface area contributed by atoms with Crippen LogP contribution in [0.4, 0.5) is 0 Å². The van der Waals surface area contributed by atoms with Gasteiger partial charge < -0.3 is 15.0 Å². The van der Waals surface area contributed by atoms with Crippen molar-refractivity contribution in [3.05, 3.63) is 35.7 Å². The summed E-state index contributed by atoms with van der Waals surface area (Å²) in [5.41, 5.74) is 3.09. The number of unbranched alkanes of at least 4 members (excludes halogenated alkanes) is 1. The minimum atomic E-state index is 0.626. The molecule has 1 aromatic rings. The number of allylic oxidation sites excluding steroid dienone is 1. The van der Waals surface area contributed by atoms with Crippen LogP contribution < -0.4 is 10.1 Å². The molecule has 122 valence electrons. The molecular formula is C17H28N4O. The van der Waals surface area contributed by atoms with Crippen molar-refractivity contribution in [3.63, 3.8) is 0 Å². The zero-order valence-electron chi connectivity index (χ0n) is 14.4. The van der Waals surface area contributed by atoms with Crippen LogP contribution in [-0.2, 0) is 6.54 Å². The second-order valence-corrected chi connectivity index (χ2v) is 5.30. The lowest BCUT2D eigenvalue weighted by molar-refractivity contribution is 0.406. The van der Waals surface area contributed by atoms with Crippen molar-refractivity contribution in [2.75, 3.05) is 27.7 Å². The Morgan fingerprint density at radius 1 is 1.50 bits per heavy atom. The number of rotatable bonds is 7. The molecule has 22 heavy (non-hydrogen) atoms. The van der Waals surface area contributed by atoms with E-state index in [4.69, 9.17) is 4.74 Å². The monoisotopic (exact) mass is 304 g/mol. The third kappa shape index (κ3) is 4.76. The molecule has 0 saturated carbocycles. The van der Waals surface area contributed by atoms with E-state index >= 15 is 0 Å². The highest BCUT2D eigenvalue weighted by Crippen LogP contribution is 2.23. The third-order valence-corrected chi connectivity index (χ3v) is 3.64. The maximum absolute atomic E-state index is 5.44. The number of ether oxygens (including phenoxy) is 1. The molecule has 0 aromatic carbocycles. The number of pyridine rings is 1.